The molecule has 0 aliphatic rings. The molecule has 0 atom stereocenters. The van der Waals surface area contributed by atoms with Gasteiger partial charge in [0.2, 0.25) is 0 Å². The van der Waals surface area contributed by atoms with Crippen LogP contribution < -0.4 is 0 Å². The van der Waals surface area contributed by atoms with Crippen molar-refractivity contribution in [1.82, 2.24) is 9.55 Å². The third-order valence-corrected chi connectivity index (χ3v) is 4.22. The zero-order valence-electron chi connectivity index (χ0n) is 11.6. The molecule has 22 heavy (non-hydrogen) atoms. The SMILES string of the molecule is N#Cc1ccc(-n2cc(S)c3cnccc32)c2ccccc12. The quantitative estimate of drug-likeness (QED) is 0.531. The number of thiol groups is 1. The Morgan fingerprint density at radius 1 is 1.00 bits per heavy atom. The minimum absolute atomic E-state index is 0.684. The first-order valence-electron chi connectivity index (χ1n) is 6.86. The van der Waals surface area contributed by atoms with Gasteiger partial charge in [0.15, 0.2) is 0 Å². The van der Waals surface area contributed by atoms with E-state index in [1.165, 1.54) is 0 Å². The number of pyridine rings is 1. The number of nitriles is 1. The van der Waals surface area contributed by atoms with Crippen molar-refractivity contribution in [1.29, 1.82) is 5.26 Å². The lowest BCUT2D eigenvalue weighted by Crippen LogP contribution is -1.94. The lowest BCUT2D eigenvalue weighted by Gasteiger charge is -2.10. The van der Waals surface area contributed by atoms with Crippen molar-refractivity contribution in [2.24, 2.45) is 0 Å². The summed E-state index contributed by atoms with van der Waals surface area (Å²) in [5.74, 6) is 0. The second kappa shape index (κ2) is 4.90. The van der Waals surface area contributed by atoms with Gasteiger partial charge in [-0.05, 0) is 18.2 Å². The summed E-state index contributed by atoms with van der Waals surface area (Å²) in [7, 11) is 0. The lowest BCUT2D eigenvalue weighted by molar-refractivity contribution is 1.12. The van der Waals surface area contributed by atoms with Crippen LogP contribution in [0, 0.1) is 11.3 Å². The van der Waals surface area contributed by atoms with E-state index in [-0.39, 0.29) is 0 Å². The number of hydrogen-bond donors (Lipinski definition) is 1. The molecule has 0 radical (unpaired) electrons. The van der Waals surface area contributed by atoms with E-state index in [1.807, 2.05) is 54.9 Å². The summed E-state index contributed by atoms with van der Waals surface area (Å²) >= 11 is 4.54. The summed E-state index contributed by atoms with van der Waals surface area (Å²) in [6, 6.07) is 16.0. The summed E-state index contributed by atoms with van der Waals surface area (Å²) in [4.78, 5) is 5.05. The van der Waals surface area contributed by atoms with Gasteiger partial charge >= 0.3 is 0 Å². The highest BCUT2D eigenvalue weighted by atomic mass is 32.1. The molecular formula is C18H11N3S. The molecule has 0 saturated heterocycles. The first-order chi connectivity index (χ1) is 10.8. The third-order valence-electron chi connectivity index (χ3n) is 3.87. The maximum atomic E-state index is 9.30. The molecule has 0 spiro atoms. The van der Waals surface area contributed by atoms with Crippen molar-refractivity contribution in [2.75, 3.05) is 0 Å². The molecule has 2 heterocycles. The van der Waals surface area contributed by atoms with E-state index in [0.717, 1.165) is 32.3 Å². The topological polar surface area (TPSA) is 41.6 Å². The Balaban J connectivity index is 2.12. The fourth-order valence-electron chi connectivity index (χ4n) is 2.85. The molecule has 2 aromatic carbocycles. The second-order valence-corrected chi connectivity index (χ2v) is 5.55. The average Bonchev–Trinajstić information content (AvgIpc) is 2.91. The summed E-state index contributed by atoms with van der Waals surface area (Å²) in [5.41, 5.74) is 2.77. The van der Waals surface area contributed by atoms with Gasteiger partial charge in [-0.25, -0.2) is 0 Å². The smallest absolute Gasteiger partial charge is 0.0998 e. The van der Waals surface area contributed by atoms with E-state index < -0.39 is 0 Å². The van der Waals surface area contributed by atoms with Crippen LogP contribution in [0.15, 0.2) is 66.0 Å². The summed E-state index contributed by atoms with van der Waals surface area (Å²) in [6.07, 6.45) is 5.58. The first kappa shape index (κ1) is 12.9. The third kappa shape index (κ3) is 1.80. The number of benzene rings is 2. The van der Waals surface area contributed by atoms with Crippen molar-refractivity contribution < 1.29 is 0 Å². The molecule has 4 rings (SSSR count). The van der Waals surface area contributed by atoms with Gasteiger partial charge in [0, 0.05) is 39.6 Å². The van der Waals surface area contributed by atoms with Crippen LogP contribution in [0.2, 0.25) is 0 Å². The Morgan fingerprint density at radius 3 is 2.64 bits per heavy atom. The normalized spacial score (nSPS) is 10.9. The molecule has 4 aromatic rings. The van der Waals surface area contributed by atoms with Gasteiger partial charge in [0.25, 0.3) is 0 Å². The highest BCUT2D eigenvalue weighted by Gasteiger charge is 2.11. The monoisotopic (exact) mass is 301 g/mol. The number of fused-ring (bicyclic) bond motifs is 2. The zero-order valence-corrected chi connectivity index (χ0v) is 12.5. The van der Waals surface area contributed by atoms with Crippen LogP contribution in [-0.4, -0.2) is 9.55 Å². The lowest BCUT2D eigenvalue weighted by atomic mass is 10.0. The van der Waals surface area contributed by atoms with Gasteiger partial charge in [-0.1, -0.05) is 24.3 Å². The average molecular weight is 301 g/mol. The Labute approximate surface area is 132 Å². The van der Waals surface area contributed by atoms with Gasteiger partial charge in [-0.15, -0.1) is 12.6 Å². The van der Waals surface area contributed by atoms with Crippen LogP contribution in [0.1, 0.15) is 5.56 Å². The Bertz CT molecular complexity index is 1060. The fourth-order valence-corrected chi connectivity index (χ4v) is 3.13. The van der Waals surface area contributed by atoms with Crippen LogP contribution in [0.4, 0.5) is 0 Å². The molecule has 4 heteroatoms. The molecule has 2 aromatic heterocycles. The molecule has 0 bridgehead atoms. The van der Waals surface area contributed by atoms with Crippen LogP contribution in [0.3, 0.4) is 0 Å². The van der Waals surface area contributed by atoms with Gasteiger partial charge in [-0.2, -0.15) is 5.26 Å². The fraction of sp³-hybridized carbons (Fsp3) is 0. The molecule has 3 nitrogen and oxygen atoms in total. The minimum Gasteiger partial charge on any atom is -0.315 e. The largest absolute Gasteiger partial charge is 0.315 e. The molecule has 0 N–H and O–H groups in total. The van der Waals surface area contributed by atoms with Gasteiger partial charge < -0.3 is 4.57 Å². The number of hydrogen-bond acceptors (Lipinski definition) is 3. The highest BCUT2D eigenvalue weighted by Crippen LogP contribution is 2.31. The van der Waals surface area contributed by atoms with E-state index in [9.17, 15) is 5.26 Å². The van der Waals surface area contributed by atoms with Crippen molar-refractivity contribution in [3.8, 4) is 11.8 Å². The molecule has 0 unspecified atom stereocenters. The predicted octanol–water partition coefficient (Wildman–Crippen LogP) is 4.34. The summed E-state index contributed by atoms with van der Waals surface area (Å²) < 4.78 is 2.10. The molecule has 0 saturated carbocycles. The highest BCUT2D eigenvalue weighted by molar-refractivity contribution is 7.80. The van der Waals surface area contributed by atoms with Gasteiger partial charge in [0.1, 0.15) is 0 Å². The maximum absolute atomic E-state index is 9.30. The van der Waals surface area contributed by atoms with Crippen molar-refractivity contribution >= 4 is 34.3 Å². The predicted molar refractivity (Wildman–Crippen MR) is 90.5 cm³/mol. The van der Waals surface area contributed by atoms with Gasteiger partial charge in [0.05, 0.1) is 22.8 Å². The first-order valence-corrected chi connectivity index (χ1v) is 7.30. The van der Waals surface area contributed by atoms with Crippen molar-refractivity contribution in [3.05, 3.63) is 66.6 Å². The Kier molecular flexibility index (Phi) is 2.88. The molecule has 0 aliphatic heterocycles. The standard InChI is InChI=1S/C18H11N3S/c19-9-12-5-6-16(14-4-2-1-3-13(12)14)21-11-18(22)15-10-20-8-7-17(15)21/h1-8,10-11,22H. The number of rotatable bonds is 1. The summed E-state index contributed by atoms with van der Waals surface area (Å²) in [6.45, 7) is 0. The maximum Gasteiger partial charge on any atom is 0.0998 e. The van der Waals surface area contributed by atoms with Crippen molar-refractivity contribution in [3.63, 3.8) is 0 Å². The Hall–Kier alpha value is -2.77. The molecule has 0 fully saturated rings. The van der Waals surface area contributed by atoms with E-state index in [4.69, 9.17) is 0 Å². The van der Waals surface area contributed by atoms with E-state index in [1.54, 1.807) is 6.20 Å². The minimum atomic E-state index is 0.684. The van der Waals surface area contributed by atoms with Crippen LogP contribution in [-0.2, 0) is 0 Å². The second-order valence-electron chi connectivity index (χ2n) is 5.07. The van der Waals surface area contributed by atoms with Crippen molar-refractivity contribution in [2.45, 2.75) is 4.90 Å². The van der Waals surface area contributed by atoms with Crippen LogP contribution in [0.25, 0.3) is 27.4 Å². The van der Waals surface area contributed by atoms with Gasteiger partial charge in [-0.3, -0.25) is 4.98 Å². The Morgan fingerprint density at radius 2 is 1.82 bits per heavy atom. The van der Waals surface area contributed by atoms with E-state index in [0.29, 0.717) is 5.56 Å². The molecule has 0 amide bonds. The van der Waals surface area contributed by atoms with E-state index in [2.05, 4.69) is 28.2 Å². The molecule has 104 valence electrons. The van der Waals surface area contributed by atoms with Crippen LogP contribution in [0.5, 0.6) is 0 Å². The van der Waals surface area contributed by atoms with E-state index >= 15 is 0 Å². The zero-order chi connectivity index (χ0) is 15.1. The van der Waals surface area contributed by atoms with Crippen LogP contribution >= 0.6 is 12.6 Å². The number of aromatic nitrogens is 2. The molecular weight excluding hydrogens is 290 g/mol. The number of nitrogens with zero attached hydrogens (tertiary/aromatic N) is 3. The summed E-state index contributed by atoms with van der Waals surface area (Å²) in [5, 5.41) is 12.3. The molecule has 0 aliphatic carbocycles.